The minimum Gasteiger partial charge on any atom is -0.496 e. The topological polar surface area (TPSA) is 46.6 Å². The van der Waals surface area contributed by atoms with E-state index in [1.807, 2.05) is 19.1 Å². The van der Waals surface area contributed by atoms with Crippen molar-refractivity contribution in [2.24, 2.45) is 0 Å². The van der Waals surface area contributed by atoms with E-state index in [1.165, 1.54) is 30.6 Å². The molecule has 7 heteroatoms. The van der Waals surface area contributed by atoms with Gasteiger partial charge in [-0.2, -0.15) is 0 Å². The molecule has 2 aromatic rings. The third kappa shape index (κ3) is 3.31. The molecule has 0 bridgehead atoms. The Bertz CT molecular complexity index is 806. The van der Waals surface area contributed by atoms with E-state index in [2.05, 4.69) is 31.9 Å². The van der Waals surface area contributed by atoms with Crippen LogP contribution in [0, 0.1) is 6.92 Å². The van der Waals surface area contributed by atoms with Crippen molar-refractivity contribution in [1.82, 2.24) is 0 Å². The van der Waals surface area contributed by atoms with Crippen molar-refractivity contribution in [1.29, 1.82) is 0 Å². The van der Waals surface area contributed by atoms with Crippen LogP contribution in [0.4, 0.5) is 5.69 Å². The molecule has 0 unspecified atom stereocenters. The van der Waals surface area contributed by atoms with Crippen LogP contribution in [-0.4, -0.2) is 22.6 Å². The van der Waals surface area contributed by atoms with E-state index in [-0.39, 0.29) is 4.90 Å². The van der Waals surface area contributed by atoms with E-state index in [4.69, 9.17) is 4.74 Å². The lowest BCUT2D eigenvalue weighted by atomic mass is 10.2. The molecule has 0 spiro atoms. The summed E-state index contributed by atoms with van der Waals surface area (Å²) in [4.78, 5) is 0.197. The Morgan fingerprint density at radius 2 is 1.73 bits per heavy atom. The molecule has 0 saturated heterocycles. The average Bonchev–Trinajstić information content (AvgIpc) is 2.49. The first-order valence-electron chi connectivity index (χ1n) is 6.36. The van der Waals surface area contributed by atoms with Gasteiger partial charge in [0.2, 0.25) is 0 Å². The van der Waals surface area contributed by atoms with Gasteiger partial charge in [0.15, 0.2) is 0 Å². The molecule has 0 aromatic heterocycles. The molecule has 0 saturated carbocycles. The summed E-state index contributed by atoms with van der Waals surface area (Å²) < 4.78 is 33.4. The lowest BCUT2D eigenvalue weighted by Gasteiger charge is -2.20. The molecule has 2 aromatic carbocycles. The van der Waals surface area contributed by atoms with Crippen LogP contribution in [0.25, 0.3) is 0 Å². The van der Waals surface area contributed by atoms with Gasteiger partial charge in [-0.05, 0) is 64.8 Å². The number of sulfonamides is 1. The summed E-state index contributed by atoms with van der Waals surface area (Å²) in [5.41, 5.74) is 1.57. The highest BCUT2D eigenvalue weighted by Gasteiger charge is 2.22. The van der Waals surface area contributed by atoms with Gasteiger partial charge in [-0.1, -0.05) is 15.9 Å². The number of ether oxygens (including phenoxy) is 1. The number of anilines is 1. The molecule has 0 N–H and O–H groups in total. The van der Waals surface area contributed by atoms with Crippen molar-refractivity contribution in [3.05, 3.63) is 50.9 Å². The lowest BCUT2D eigenvalue weighted by molar-refractivity contribution is 0.411. The summed E-state index contributed by atoms with van der Waals surface area (Å²) in [5, 5.41) is 0. The zero-order valence-corrected chi connectivity index (χ0v) is 16.3. The van der Waals surface area contributed by atoms with Crippen LogP contribution in [0.3, 0.4) is 0 Å². The molecular formula is C15H15Br2NO3S. The number of halogens is 2. The molecule has 0 atom stereocenters. The van der Waals surface area contributed by atoms with E-state index in [1.54, 1.807) is 12.1 Å². The summed E-state index contributed by atoms with van der Waals surface area (Å²) >= 11 is 6.72. The van der Waals surface area contributed by atoms with Crippen molar-refractivity contribution < 1.29 is 13.2 Å². The van der Waals surface area contributed by atoms with Crippen LogP contribution < -0.4 is 9.04 Å². The molecule has 118 valence electrons. The minimum atomic E-state index is -3.64. The maximum Gasteiger partial charge on any atom is 0.264 e. The van der Waals surface area contributed by atoms with Crippen LogP contribution in [0.15, 0.2) is 50.2 Å². The Balaban J connectivity index is 2.44. The molecule has 0 aliphatic rings. The predicted molar refractivity (Wildman–Crippen MR) is 95.2 cm³/mol. The van der Waals surface area contributed by atoms with Gasteiger partial charge in [-0.15, -0.1) is 0 Å². The molecule has 0 aliphatic carbocycles. The van der Waals surface area contributed by atoms with E-state index < -0.39 is 10.0 Å². The highest BCUT2D eigenvalue weighted by atomic mass is 79.9. The first-order valence-corrected chi connectivity index (χ1v) is 9.38. The van der Waals surface area contributed by atoms with Crippen LogP contribution in [0.1, 0.15) is 5.56 Å². The summed E-state index contributed by atoms with van der Waals surface area (Å²) in [7, 11) is -0.566. The van der Waals surface area contributed by atoms with Gasteiger partial charge in [-0.25, -0.2) is 8.42 Å². The largest absolute Gasteiger partial charge is 0.496 e. The third-order valence-corrected chi connectivity index (χ3v) is 6.58. The monoisotopic (exact) mass is 447 g/mol. The number of aryl methyl sites for hydroxylation is 1. The van der Waals surface area contributed by atoms with Gasteiger partial charge in [0, 0.05) is 11.5 Å². The zero-order chi connectivity index (χ0) is 16.5. The van der Waals surface area contributed by atoms with Crippen molar-refractivity contribution in [3.63, 3.8) is 0 Å². The van der Waals surface area contributed by atoms with Crippen LogP contribution >= 0.6 is 31.9 Å². The zero-order valence-electron chi connectivity index (χ0n) is 12.3. The fraction of sp³-hybridized carbons (Fsp3) is 0.200. The molecule has 4 nitrogen and oxygen atoms in total. The Kier molecular flexibility index (Phi) is 5.19. The predicted octanol–water partition coefficient (Wildman–Crippen LogP) is 4.35. The van der Waals surface area contributed by atoms with E-state index in [0.29, 0.717) is 15.9 Å². The number of nitrogens with zero attached hydrogens (tertiary/aromatic N) is 1. The molecular weight excluding hydrogens is 434 g/mol. The molecule has 0 fully saturated rings. The second kappa shape index (κ2) is 6.60. The Morgan fingerprint density at radius 1 is 1.05 bits per heavy atom. The Labute approximate surface area is 147 Å². The molecule has 0 amide bonds. The maximum atomic E-state index is 12.7. The van der Waals surface area contributed by atoms with E-state index >= 15 is 0 Å². The van der Waals surface area contributed by atoms with Crippen LogP contribution in [0.2, 0.25) is 0 Å². The van der Waals surface area contributed by atoms with Crippen LogP contribution in [0.5, 0.6) is 5.75 Å². The second-order valence-corrected chi connectivity index (χ2v) is 8.38. The van der Waals surface area contributed by atoms with Gasteiger partial charge >= 0.3 is 0 Å². The summed E-state index contributed by atoms with van der Waals surface area (Å²) in [6, 6.07) is 10.1. The van der Waals surface area contributed by atoms with Gasteiger partial charge in [0.25, 0.3) is 10.0 Å². The highest BCUT2D eigenvalue weighted by Crippen LogP contribution is 2.31. The maximum absolute atomic E-state index is 12.7. The van der Waals surface area contributed by atoms with Gasteiger partial charge in [-0.3, -0.25) is 4.31 Å². The van der Waals surface area contributed by atoms with Crippen molar-refractivity contribution in [2.45, 2.75) is 11.8 Å². The molecule has 2 rings (SSSR count). The fourth-order valence-electron chi connectivity index (χ4n) is 1.93. The normalized spacial score (nSPS) is 11.3. The highest BCUT2D eigenvalue weighted by molar-refractivity contribution is 9.10. The number of benzene rings is 2. The standard InChI is InChI=1S/C15H15Br2NO3S/c1-10-8-11(4-6-13(10)16)18(2)22(19,20)12-5-7-15(21-3)14(17)9-12/h4-9H,1-3H3. The number of hydrogen-bond acceptors (Lipinski definition) is 3. The van der Waals surface area contributed by atoms with Crippen LogP contribution in [-0.2, 0) is 10.0 Å². The van der Waals surface area contributed by atoms with Crippen molar-refractivity contribution in [2.75, 3.05) is 18.5 Å². The minimum absolute atomic E-state index is 0.197. The van der Waals surface area contributed by atoms with Crippen molar-refractivity contribution in [3.8, 4) is 5.75 Å². The molecule has 0 radical (unpaired) electrons. The SMILES string of the molecule is COc1ccc(S(=O)(=O)N(C)c2ccc(Br)c(C)c2)cc1Br. The van der Waals surface area contributed by atoms with Gasteiger partial charge < -0.3 is 4.74 Å². The second-order valence-electron chi connectivity index (χ2n) is 4.70. The number of rotatable bonds is 4. The molecule has 22 heavy (non-hydrogen) atoms. The molecule has 0 aliphatic heterocycles. The lowest BCUT2D eigenvalue weighted by Crippen LogP contribution is -2.26. The first kappa shape index (κ1) is 17.3. The summed E-state index contributed by atoms with van der Waals surface area (Å²) in [6.45, 7) is 1.91. The fourth-order valence-corrected chi connectivity index (χ4v) is 4.08. The van der Waals surface area contributed by atoms with E-state index in [0.717, 1.165) is 10.0 Å². The van der Waals surface area contributed by atoms with Gasteiger partial charge in [0.05, 0.1) is 22.2 Å². The summed E-state index contributed by atoms with van der Waals surface area (Å²) in [5.74, 6) is 0.584. The summed E-state index contributed by atoms with van der Waals surface area (Å²) in [6.07, 6.45) is 0. The Hall–Kier alpha value is -1.05. The Morgan fingerprint density at radius 3 is 2.27 bits per heavy atom. The molecule has 0 heterocycles. The number of hydrogen-bond donors (Lipinski definition) is 0. The average molecular weight is 449 g/mol. The van der Waals surface area contributed by atoms with Gasteiger partial charge in [0.1, 0.15) is 5.75 Å². The quantitative estimate of drug-likeness (QED) is 0.698. The first-order chi connectivity index (χ1) is 10.3. The number of methoxy groups -OCH3 is 1. The van der Waals surface area contributed by atoms with E-state index in [9.17, 15) is 8.42 Å². The smallest absolute Gasteiger partial charge is 0.264 e. The third-order valence-electron chi connectivity index (χ3n) is 3.29. The van der Waals surface area contributed by atoms with Crippen molar-refractivity contribution >= 4 is 47.6 Å².